The van der Waals surface area contributed by atoms with Crippen molar-refractivity contribution in [3.05, 3.63) is 42.1 Å². The lowest BCUT2D eigenvalue weighted by molar-refractivity contribution is 0.0950. The van der Waals surface area contributed by atoms with E-state index in [2.05, 4.69) is 20.3 Å². The molecule has 0 fully saturated rings. The van der Waals surface area contributed by atoms with Crippen molar-refractivity contribution in [2.24, 2.45) is 0 Å². The van der Waals surface area contributed by atoms with Crippen LogP contribution in [0.1, 0.15) is 16.1 Å². The van der Waals surface area contributed by atoms with E-state index in [1.165, 1.54) is 0 Å². The molecule has 94 valence electrons. The van der Waals surface area contributed by atoms with Gasteiger partial charge in [-0.25, -0.2) is 9.97 Å². The average Bonchev–Trinajstić information content (AvgIpc) is 2.89. The van der Waals surface area contributed by atoms with Crippen LogP contribution in [0.5, 0.6) is 0 Å². The molecule has 0 radical (unpaired) electrons. The summed E-state index contributed by atoms with van der Waals surface area (Å²) in [6, 6.07) is 3.44. The molecule has 0 saturated carbocycles. The van der Waals surface area contributed by atoms with Crippen LogP contribution >= 0.6 is 0 Å². The molecule has 0 aromatic carbocycles. The normalized spacial score (nSPS) is 10.1. The Labute approximate surface area is 105 Å². The minimum Gasteiger partial charge on any atom is -0.363 e. The van der Waals surface area contributed by atoms with Gasteiger partial charge in [-0.1, -0.05) is 0 Å². The van der Waals surface area contributed by atoms with Gasteiger partial charge in [0.05, 0.1) is 18.6 Å². The van der Waals surface area contributed by atoms with E-state index in [1.807, 2.05) is 19.0 Å². The monoisotopic (exact) mass is 245 g/mol. The number of pyridine rings is 1. The Morgan fingerprint density at radius 1 is 1.50 bits per heavy atom. The molecule has 0 saturated heterocycles. The summed E-state index contributed by atoms with van der Waals surface area (Å²) in [5.41, 5.74) is 1.46. The summed E-state index contributed by atoms with van der Waals surface area (Å²) < 4.78 is 0. The Bertz CT molecular complexity index is 521. The number of imidazole rings is 1. The highest BCUT2D eigenvalue weighted by atomic mass is 16.1. The minimum absolute atomic E-state index is 0.130. The van der Waals surface area contributed by atoms with Gasteiger partial charge in [-0.15, -0.1) is 0 Å². The number of aromatic amines is 1. The van der Waals surface area contributed by atoms with Crippen LogP contribution in [0.2, 0.25) is 0 Å². The van der Waals surface area contributed by atoms with Crippen LogP contribution in [0.4, 0.5) is 5.82 Å². The van der Waals surface area contributed by atoms with Crippen LogP contribution in [-0.4, -0.2) is 35.0 Å². The number of nitrogens with zero attached hydrogens (tertiary/aromatic N) is 3. The first-order chi connectivity index (χ1) is 8.66. The van der Waals surface area contributed by atoms with Gasteiger partial charge in [0.15, 0.2) is 0 Å². The fourth-order valence-electron chi connectivity index (χ4n) is 1.46. The van der Waals surface area contributed by atoms with E-state index in [4.69, 9.17) is 0 Å². The molecule has 1 amide bonds. The lowest BCUT2D eigenvalue weighted by Crippen LogP contribution is -2.23. The minimum atomic E-state index is -0.130. The van der Waals surface area contributed by atoms with Gasteiger partial charge in [0.1, 0.15) is 5.82 Å². The molecule has 6 nitrogen and oxygen atoms in total. The Kier molecular flexibility index (Phi) is 3.57. The number of rotatable bonds is 4. The molecule has 0 aliphatic heterocycles. The summed E-state index contributed by atoms with van der Waals surface area (Å²) in [5.74, 6) is 0.624. The summed E-state index contributed by atoms with van der Waals surface area (Å²) in [5, 5.41) is 2.81. The predicted octanol–water partition coefficient (Wildman–Crippen LogP) is 0.801. The molecule has 0 aliphatic rings. The van der Waals surface area contributed by atoms with Gasteiger partial charge in [-0.05, 0) is 12.1 Å². The summed E-state index contributed by atoms with van der Waals surface area (Å²) in [7, 11) is 3.77. The molecule has 2 N–H and O–H groups in total. The number of amides is 1. The molecule has 0 bridgehead atoms. The third-order valence-electron chi connectivity index (χ3n) is 2.46. The highest BCUT2D eigenvalue weighted by Gasteiger charge is 2.07. The Morgan fingerprint density at radius 2 is 2.33 bits per heavy atom. The van der Waals surface area contributed by atoms with Crippen molar-refractivity contribution >= 4 is 11.7 Å². The fraction of sp³-hybridized carbons (Fsp3) is 0.250. The Balaban J connectivity index is 2.02. The zero-order chi connectivity index (χ0) is 13.0. The number of carbonyl (C=O) groups is 1. The van der Waals surface area contributed by atoms with E-state index < -0.39 is 0 Å². The first-order valence-corrected chi connectivity index (χ1v) is 5.55. The molecular weight excluding hydrogens is 230 g/mol. The summed E-state index contributed by atoms with van der Waals surface area (Å²) in [6.07, 6.45) is 4.89. The number of nitrogens with one attached hydrogen (secondary N) is 2. The molecule has 6 heteroatoms. The highest BCUT2D eigenvalue weighted by Crippen LogP contribution is 2.09. The van der Waals surface area contributed by atoms with E-state index in [1.54, 1.807) is 30.9 Å². The molecule has 2 rings (SSSR count). The van der Waals surface area contributed by atoms with Crippen LogP contribution in [0.3, 0.4) is 0 Å². The van der Waals surface area contributed by atoms with E-state index in [0.717, 1.165) is 11.5 Å². The van der Waals surface area contributed by atoms with Crippen molar-refractivity contribution in [1.29, 1.82) is 0 Å². The van der Waals surface area contributed by atoms with Crippen LogP contribution in [0.15, 0.2) is 30.9 Å². The second kappa shape index (κ2) is 5.31. The van der Waals surface area contributed by atoms with Crippen LogP contribution in [0.25, 0.3) is 0 Å². The lowest BCUT2D eigenvalue weighted by atomic mass is 10.2. The van der Waals surface area contributed by atoms with E-state index in [-0.39, 0.29) is 5.91 Å². The summed E-state index contributed by atoms with van der Waals surface area (Å²) in [6.45, 7) is 0.429. The van der Waals surface area contributed by atoms with Crippen molar-refractivity contribution in [1.82, 2.24) is 20.3 Å². The van der Waals surface area contributed by atoms with Crippen molar-refractivity contribution in [3.63, 3.8) is 0 Å². The molecule has 0 atom stereocenters. The quantitative estimate of drug-likeness (QED) is 0.835. The number of carbonyl (C=O) groups excluding carboxylic acids is 1. The van der Waals surface area contributed by atoms with Gasteiger partial charge in [-0.2, -0.15) is 0 Å². The predicted molar refractivity (Wildman–Crippen MR) is 68.3 cm³/mol. The molecular formula is C12H15N5O. The molecule has 0 spiro atoms. The summed E-state index contributed by atoms with van der Waals surface area (Å²) >= 11 is 0. The van der Waals surface area contributed by atoms with Gasteiger partial charge in [0.2, 0.25) is 0 Å². The number of H-pyrrole nitrogens is 1. The van der Waals surface area contributed by atoms with Crippen LogP contribution in [0, 0.1) is 0 Å². The van der Waals surface area contributed by atoms with Gasteiger partial charge in [-0.3, -0.25) is 4.79 Å². The first kappa shape index (κ1) is 12.1. The molecule has 2 heterocycles. The Morgan fingerprint density at radius 3 is 3.00 bits per heavy atom. The van der Waals surface area contributed by atoms with E-state index in [9.17, 15) is 4.79 Å². The largest absolute Gasteiger partial charge is 0.363 e. The second-order valence-electron chi connectivity index (χ2n) is 4.06. The molecule has 2 aromatic rings. The van der Waals surface area contributed by atoms with E-state index >= 15 is 0 Å². The fourth-order valence-corrected chi connectivity index (χ4v) is 1.46. The molecule has 18 heavy (non-hydrogen) atoms. The van der Waals surface area contributed by atoms with Crippen LogP contribution in [-0.2, 0) is 6.54 Å². The van der Waals surface area contributed by atoms with Crippen molar-refractivity contribution < 1.29 is 4.79 Å². The van der Waals surface area contributed by atoms with Gasteiger partial charge in [0, 0.05) is 32.1 Å². The topological polar surface area (TPSA) is 73.9 Å². The van der Waals surface area contributed by atoms with Crippen molar-refractivity contribution in [2.75, 3.05) is 19.0 Å². The Hall–Kier alpha value is -2.37. The SMILES string of the molecule is CN(C)c1cc(C(=O)NCc2cnc[nH]2)ccn1. The zero-order valence-corrected chi connectivity index (χ0v) is 10.3. The van der Waals surface area contributed by atoms with Crippen molar-refractivity contribution in [2.45, 2.75) is 6.54 Å². The molecule has 2 aromatic heterocycles. The highest BCUT2D eigenvalue weighted by molar-refractivity contribution is 5.94. The molecule has 0 unspecified atom stereocenters. The smallest absolute Gasteiger partial charge is 0.251 e. The van der Waals surface area contributed by atoms with Gasteiger partial charge >= 0.3 is 0 Å². The maximum absolute atomic E-state index is 11.9. The lowest BCUT2D eigenvalue weighted by Gasteiger charge is -2.12. The maximum atomic E-state index is 11.9. The molecule has 0 aliphatic carbocycles. The van der Waals surface area contributed by atoms with Crippen LogP contribution < -0.4 is 10.2 Å². The van der Waals surface area contributed by atoms with Crippen molar-refractivity contribution in [3.8, 4) is 0 Å². The van der Waals surface area contributed by atoms with Gasteiger partial charge in [0.25, 0.3) is 5.91 Å². The second-order valence-corrected chi connectivity index (χ2v) is 4.06. The number of hydrogen-bond donors (Lipinski definition) is 2. The number of anilines is 1. The average molecular weight is 245 g/mol. The van der Waals surface area contributed by atoms with Gasteiger partial charge < -0.3 is 15.2 Å². The third kappa shape index (κ3) is 2.85. The first-order valence-electron chi connectivity index (χ1n) is 5.55. The summed E-state index contributed by atoms with van der Waals surface area (Å²) in [4.78, 5) is 24.8. The standard InChI is InChI=1S/C12H15N5O/c1-17(2)11-5-9(3-4-14-11)12(18)15-7-10-6-13-8-16-10/h3-6,8H,7H2,1-2H3,(H,13,16)(H,15,18). The number of aromatic nitrogens is 3. The third-order valence-corrected chi connectivity index (χ3v) is 2.46. The number of hydrogen-bond acceptors (Lipinski definition) is 4. The zero-order valence-electron chi connectivity index (χ0n) is 10.3. The maximum Gasteiger partial charge on any atom is 0.251 e. The van der Waals surface area contributed by atoms with E-state index in [0.29, 0.717) is 12.1 Å².